The number of benzene rings is 1. The summed E-state index contributed by atoms with van der Waals surface area (Å²) < 4.78 is 1.74. The monoisotopic (exact) mass is 325 g/mol. The molecule has 0 spiro atoms. The van der Waals surface area contributed by atoms with E-state index in [2.05, 4.69) is 5.32 Å². The number of hydrogen-bond acceptors (Lipinski definition) is 3. The molecule has 0 radical (unpaired) electrons. The molecule has 1 N–H and O–H groups in total. The zero-order chi connectivity index (χ0) is 17.1. The Bertz CT molecular complexity index is 794. The maximum atomic E-state index is 12.8. The fourth-order valence-corrected chi connectivity index (χ4v) is 3.19. The van der Waals surface area contributed by atoms with Gasteiger partial charge in [0, 0.05) is 37.0 Å². The van der Waals surface area contributed by atoms with E-state index in [0.29, 0.717) is 18.7 Å². The van der Waals surface area contributed by atoms with Gasteiger partial charge in [-0.2, -0.15) is 0 Å². The summed E-state index contributed by atoms with van der Waals surface area (Å²) in [5.74, 6) is -0.0960. The molecule has 5 heteroatoms. The lowest BCUT2D eigenvalue weighted by Gasteiger charge is -2.16. The van der Waals surface area contributed by atoms with Crippen LogP contribution < -0.4 is 10.9 Å². The topological polar surface area (TPSA) is 54.3 Å². The molecule has 1 amide bonds. The predicted octanol–water partition coefficient (Wildman–Crippen LogP) is 1.75. The highest BCUT2D eigenvalue weighted by molar-refractivity contribution is 6.02. The van der Waals surface area contributed by atoms with Crippen molar-refractivity contribution in [2.24, 2.45) is 0 Å². The molecule has 2 heterocycles. The van der Waals surface area contributed by atoms with E-state index in [9.17, 15) is 9.59 Å². The Labute approximate surface area is 141 Å². The molecule has 0 saturated carbocycles. The third-order valence-electron chi connectivity index (χ3n) is 4.37. The third kappa shape index (κ3) is 3.26. The van der Waals surface area contributed by atoms with E-state index in [-0.39, 0.29) is 11.5 Å². The molecule has 0 saturated heterocycles. The first-order chi connectivity index (χ1) is 11.6. The van der Waals surface area contributed by atoms with Crippen molar-refractivity contribution in [2.45, 2.75) is 19.4 Å². The van der Waals surface area contributed by atoms with Crippen molar-refractivity contribution in [3.05, 3.63) is 58.0 Å². The number of likely N-dealkylation sites (N-methyl/N-ethyl adjacent to an activating group) is 1. The van der Waals surface area contributed by atoms with Crippen LogP contribution >= 0.6 is 0 Å². The Morgan fingerprint density at radius 2 is 2.00 bits per heavy atom. The Hall–Kier alpha value is -2.40. The summed E-state index contributed by atoms with van der Waals surface area (Å²) in [6.07, 6.45) is 1.68. The average Bonchev–Trinajstić information content (AvgIpc) is 3.05. The largest absolute Gasteiger partial charge is 0.351 e. The maximum Gasteiger partial charge on any atom is 0.253 e. The first-order valence-corrected chi connectivity index (χ1v) is 8.33. The SMILES string of the molecule is CN(C)CCNC(=O)c1c(-c2ccccc2)cc(=O)n2c1CCC2. The zero-order valence-corrected chi connectivity index (χ0v) is 14.2. The number of rotatable bonds is 5. The van der Waals surface area contributed by atoms with Crippen molar-refractivity contribution in [1.29, 1.82) is 0 Å². The minimum Gasteiger partial charge on any atom is -0.351 e. The molecule has 126 valence electrons. The van der Waals surface area contributed by atoms with Crippen molar-refractivity contribution in [1.82, 2.24) is 14.8 Å². The van der Waals surface area contributed by atoms with Gasteiger partial charge < -0.3 is 14.8 Å². The van der Waals surface area contributed by atoms with Crippen molar-refractivity contribution < 1.29 is 4.79 Å². The fraction of sp³-hybridized carbons (Fsp3) is 0.368. The van der Waals surface area contributed by atoms with Crippen molar-refractivity contribution >= 4 is 5.91 Å². The molecular formula is C19H23N3O2. The molecule has 0 atom stereocenters. The van der Waals surface area contributed by atoms with E-state index in [1.807, 2.05) is 49.3 Å². The summed E-state index contributed by atoms with van der Waals surface area (Å²) in [7, 11) is 3.95. The molecule has 0 fully saturated rings. The van der Waals surface area contributed by atoms with Gasteiger partial charge in [0.25, 0.3) is 11.5 Å². The van der Waals surface area contributed by atoms with Gasteiger partial charge in [0.05, 0.1) is 5.56 Å². The Kier molecular flexibility index (Phi) is 4.81. The smallest absolute Gasteiger partial charge is 0.253 e. The minimum atomic E-state index is -0.0960. The molecule has 24 heavy (non-hydrogen) atoms. The highest BCUT2D eigenvalue weighted by Gasteiger charge is 2.24. The van der Waals surface area contributed by atoms with Crippen LogP contribution in [0.1, 0.15) is 22.5 Å². The Morgan fingerprint density at radius 3 is 2.71 bits per heavy atom. The van der Waals surface area contributed by atoms with Crippen molar-refractivity contribution in [2.75, 3.05) is 27.2 Å². The highest BCUT2D eigenvalue weighted by Crippen LogP contribution is 2.28. The number of nitrogens with zero attached hydrogens (tertiary/aromatic N) is 2. The fourth-order valence-electron chi connectivity index (χ4n) is 3.19. The van der Waals surface area contributed by atoms with Gasteiger partial charge in [-0.05, 0) is 32.5 Å². The number of nitrogens with one attached hydrogen (secondary N) is 1. The second-order valence-electron chi connectivity index (χ2n) is 6.40. The van der Waals surface area contributed by atoms with E-state index < -0.39 is 0 Å². The van der Waals surface area contributed by atoms with E-state index >= 15 is 0 Å². The first kappa shape index (κ1) is 16.5. The van der Waals surface area contributed by atoms with E-state index in [1.165, 1.54) is 0 Å². The normalized spacial score (nSPS) is 13.1. The van der Waals surface area contributed by atoms with Gasteiger partial charge in [-0.3, -0.25) is 9.59 Å². The van der Waals surface area contributed by atoms with Crippen LogP contribution in [0, 0.1) is 0 Å². The summed E-state index contributed by atoms with van der Waals surface area (Å²) in [5.41, 5.74) is 3.13. The number of aromatic nitrogens is 1. The molecule has 0 unspecified atom stereocenters. The molecule has 2 aromatic rings. The molecule has 1 aliphatic heterocycles. The summed E-state index contributed by atoms with van der Waals surface area (Å²) in [5, 5.41) is 2.99. The highest BCUT2D eigenvalue weighted by atomic mass is 16.2. The van der Waals surface area contributed by atoms with Crippen LogP contribution in [0.3, 0.4) is 0 Å². The average molecular weight is 325 g/mol. The third-order valence-corrected chi connectivity index (χ3v) is 4.37. The predicted molar refractivity (Wildman–Crippen MR) is 95.3 cm³/mol. The number of hydrogen-bond donors (Lipinski definition) is 1. The van der Waals surface area contributed by atoms with Crippen LogP contribution in [0.25, 0.3) is 11.1 Å². The Morgan fingerprint density at radius 1 is 1.25 bits per heavy atom. The molecule has 1 aromatic carbocycles. The first-order valence-electron chi connectivity index (χ1n) is 8.33. The number of carbonyl (C=O) groups excluding carboxylic acids is 1. The van der Waals surface area contributed by atoms with Crippen molar-refractivity contribution in [3.8, 4) is 11.1 Å². The van der Waals surface area contributed by atoms with E-state index in [1.54, 1.807) is 10.6 Å². The quantitative estimate of drug-likeness (QED) is 0.911. The number of pyridine rings is 1. The lowest BCUT2D eigenvalue weighted by atomic mass is 9.97. The van der Waals surface area contributed by atoms with Crippen LogP contribution in [-0.2, 0) is 13.0 Å². The van der Waals surface area contributed by atoms with E-state index in [0.717, 1.165) is 36.2 Å². The molecule has 0 bridgehead atoms. The second-order valence-corrected chi connectivity index (χ2v) is 6.40. The van der Waals surface area contributed by atoms with Crippen LogP contribution in [-0.4, -0.2) is 42.6 Å². The molecule has 1 aliphatic rings. The number of amides is 1. The van der Waals surface area contributed by atoms with Gasteiger partial charge in [-0.25, -0.2) is 0 Å². The summed E-state index contributed by atoms with van der Waals surface area (Å²) in [6, 6.07) is 11.3. The van der Waals surface area contributed by atoms with Gasteiger partial charge in [0.1, 0.15) is 0 Å². The van der Waals surface area contributed by atoms with Gasteiger partial charge >= 0.3 is 0 Å². The second kappa shape index (κ2) is 7.01. The standard InChI is InChI=1S/C19H23N3O2/c1-21(2)12-10-20-19(24)18-15(14-7-4-3-5-8-14)13-17(23)22-11-6-9-16(18)22/h3-5,7-8,13H,6,9-12H2,1-2H3,(H,20,24). The van der Waals surface area contributed by atoms with Crippen LogP contribution in [0.2, 0.25) is 0 Å². The van der Waals surface area contributed by atoms with Gasteiger partial charge in [-0.1, -0.05) is 30.3 Å². The van der Waals surface area contributed by atoms with Crippen LogP contribution in [0.4, 0.5) is 0 Å². The minimum absolute atomic E-state index is 0.0220. The molecule has 5 nitrogen and oxygen atoms in total. The Balaban J connectivity index is 2.04. The lowest BCUT2D eigenvalue weighted by Crippen LogP contribution is -2.33. The summed E-state index contributed by atoms with van der Waals surface area (Å²) in [4.78, 5) is 27.3. The van der Waals surface area contributed by atoms with Crippen LogP contribution in [0.15, 0.2) is 41.2 Å². The summed E-state index contributed by atoms with van der Waals surface area (Å²) >= 11 is 0. The van der Waals surface area contributed by atoms with E-state index in [4.69, 9.17) is 0 Å². The molecular weight excluding hydrogens is 302 g/mol. The molecule has 1 aromatic heterocycles. The number of fused-ring (bicyclic) bond motifs is 1. The van der Waals surface area contributed by atoms with Gasteiger partial charge in [0.2, 0.25) is 0 Å². The van der Waals surface area contributed by atoms with Gasteiger partial charge in [-0.15, -0.1) is 0 Å². The lowest BCUT2D eigenvalue weighted by molar-refractivity contribution is 0.0950. The molecule has 0 aliphatic carbocycles. The van der Waals surface area contributed by atoms with Crippen molar-refractivity contribution in [3.63, 3.8) is 0 Å². The summed E-state index contributed by atoms with van der Waals surface area (Å²) in [6.45, 7) is 2.06. The number of carbonyl (C=O) groups is 1. The van der Waals surface area contributed by atoms with Gasteiger partial charge in [0.15, 0.2) is 0 Å². The zero-order valence-electron chi connectivity index (χ0n) is 14.2. The molecule has 3 rings (SSSR count). The van der Waals surface area contributed by atoms with Crippen LogP contribution in [0.5, 0.6) is 0 Å². The maximum absolute atomic E-state index is 12.8.